The van der Waals surface area contributed by atoms with Gasteiger partial charge in [-0.3, -0.25) is 4.79 Å². The summed E-state index contributed by atoms with van der Waals surface area (Å²) in [6, 6.07) is 3.53. The Morgan fingerprint density at radius 2 is 2.06 bits per heavy atom. The molecule has 0 aliphatic heterocycles. The number of halogens is 1. The molecule has 0 saturated carbocycles. The Kier molecular flexibility index (Phi) is 3.71. The molecule has 0 spiro atoms. The van der Waals surface area contributed by atoms with Gasteiger partial charge in [-0.25, -0.2) is 4.98 Å². The van der Waals surface area contributed by atoms with Gasteiger partial charge in [0, 0.05) is 10.9 Å². The number of carbonyl (C=O) groups excluding carboxylic acids is 1. The standard InChI is InChI=1S/C14H16ClNO2/c1-4-9(5-2)12(17)14-16-11-7-10(15)6-8(3)13(11)18-14/h6-7,9H,4-5H2,1-3H3. The van der Waals surface area contributed by atoms with E-state index in [2.05, 4.69) is 4.98 Å². The molecular weight excluding hydrogens is 250 g/mol. The van der Waals surface area contributed by atoms with E-state index in [-0.39, 0.29) is 17.6 Å². The van der Waals surface area contributed by atoms with Crippen molar-refractivity contribution in [2.45, 2.75) is 33.6 Å². The number of rotatable bonds is 4. The van der Waals surface area contributed by atoms with Gasteiger partial charge in [-0.1, -0.05) is 25.4 Å². The summed E-state index contributed by atoms with van der Waals surface area (Å²) in [4.78, 5) is 16.4. The highest BCUT2D eigenvalue weighted by molar-refractivity contribution is 6.31. The van der Waals surface area contributed by atoms with Crippen LogP contribution in [-0.4, -0.2) is 10.8 Å². The molecule has 1 heterocycles. The molecule has 1 aromatic heterocycles. The van der Waals surface area contributed by atoms with Crippen molar-refractivity contribution in [3.63, 3.8) is 0 Å². The van der Waals surface area contributed by atoms with Gasteiger partial charge in [0.15, 0.2) is 5.58 Å². The third-order valence-electron chi connectivity index (χ3n) is 3.21. The lowest BCUT2D eigenvalue weighted by Crippen LogP contribution is -2.13. The minimum Gasteiger partial charge on any atom is -0.433 e. The molecule has 0 atom stereocenters. The number of ketones is 1. The molecule has 18 heavy (non-hydrogen) atoms. The Morgan fingerprint density at radius 3 is 2.67 bits per heavy atom. The van der Waals surface area contributed by atoms with Crippen LogP contribution < -0.4 is 0 Å². The van der Waals surface area contributed by atoms with Crippen molar-refractivity contribution in [1.82, 2.24) is 4.98 Å². The van der Waals surface area contributed by atoms with Crippen LogP contribution in [-0.2, 0) is 0 Å². The average molecular weight is 266 g/mol. The number of Topliss-reactive ketones (excluding diaryl/α,β-unsaturated/α-hetero) is 1. The second-order valence-corrected chi connectivity index (χ2v) is 4.90. The molecule has 0 bridgehead atoms. The number of fused-ring (bicyclic) bond motifs is 1. The van der Waals surface area contributed by atoms with Gasteiger partial charge in [0.1, 0.15) is 5.52 Å². The Labute approximate surface area is 111 Å². The Balaban J connectivity index is 2.47. The monoisotopic (exact) mass is 265 g/mol. The topological polar surface area (TPSA) is 43.1 Å². The smallest absolute Gasteiger partial charge is 0.264 e. The minimum absolute atomic E-state index is 0.0196. The molecule has 0 aliphatic rings. The maximum Gasteiger partial charge on any atom is 0.264 e. The first-order valence-electron chi connectivity index (χ1n) is 6.17. The van der Waals surface area contributed by atoms with Crippen LogP contribution in [0.1, 0.15) is 42.9 Å². The number of carbonyl (C=O) groups is 1. The van der Waals surface area contributed by atoms with E-state index in [0.29, 0.717) is 16.1 Å². The highest BCUT2D eigenvalue weighted by atomic mass is 35.5. The lowest BCUT2D eigenvalue weighted by atomic mass is 9.98. The molecule has 0 radical (unpaired) electrons. The molecule has 3 nitrogen and oxygen atoms in total. The van der Waals surface area contributed by atoms with Crippen molar-refractivity contribution >= 4 is 28.5 Å². The normalized spacial score (nSPS) is 11.4. The highest BCUT2D eigenvalue weighted by Crippen LogP contribution is 2.26. The summed E-state index contributed by atoms with van der Waals surface area (Å²) in [5.41, 5.74) is 2.19. The second-order valence-electron chi connectivity index (χ2n) is 4.47. The van der Waals surface area contributed by atoms with Crippen molar-refractivity contribution in [3.8, 4) is 0 Å². The van der Waals surface area contributed by atoms with Crippen LogP contribution in [0.25, 0.3) is 11.1 Å². The summed E-state index contributed by atoms with van der Waals surface area (Å²) in [6.07, 6.45) is 1.60. The number of aryl methyl sites for hydroxylation is 1. The predicted octanol–water partition coefficient (Wildman–Crippen LogP) is 4.41. The van der Waals surface area contributed by atoms with Gasteiger partial charge in [0.05, 0.1) is 0 Å². The van der Waals surface area contributed by atoms with Gasteiger partial charge in [-0.05, 0) is 37.5 Å². The number of aromatic nitrogens is 1. The summed E-state index contributed by atoms with van der Waals surface area (Å²) < 4.78 is 5.58. The zero-order chi connectivity index (χ0) is 13.3. The van der Waals surface area contributed by atoms with Crippen molar-refractivity contribution < 1.29 is 9.21 Å². The van der Waals surface area contributed by atoms with E-state index in [0.717, 1.165) is 18.4 Å². The van der Waals surface area contributed by atoms with Gasteiger partial charge in [0.25, 0.3) is 5.89 Å². The van der Waals surface area contributed by atoms with Crippen LogP contribution in [0.15, 0.2) is 16.5 Å². The molecule has 0 unspecified atom stereocenters. The molecule has 2 rings (SSSR count). The maximum atomic E-state index is 12.2. The SMILES string of the molecule is CCC(CC)C(=O)c1nc2cc(Cl)cc(C)c2o1. The fourth-order valence-electron chi connectivity index (χ4n) is 2.10. The number of nitrogens with zero attached hydrogens (tertiary/aromatic N) is 1. The fourth-order valence-corrected chi connectivity index (χ4v) is 2.36. The van der Waals surface area contributed by atoms with Gasteiger partial charge in [-0.15, -0.1) is 0 Å². The van der Waals surface area contributed by atoms with Gasteiger partial charge < -0.3 is 4.42 Å². The first-order chi connectivity index (χ1) is 8.56. The molecule has 4 heteroatoms. The molecule has 1 aromatic carbocycles. The predicted molar refractivity (Wildman–Crippen MR) is 72.2 cm³/mol. The van der Waals surface area contributed by atoms with Crippen LogP contribution in [0.4, 0.5) is 0 Å². The van der Waals surface area contributed by atoms with Gasteiger partial charge >= 0.3 is 0 Å². The van der Waals surface area contributed by atoms with Crippen LogP contribution in [0.2, 0.25) is 5.02 Å². The molecule has 2 aromatic rings. The molecule has 0 aliphatic carbocycles. The van der Waals surface area contributed by atoms with Crippen LogP contribution in [0, 0.1) is 12.8 Å². The average Bonchev–Trinajstić information content (AvgIpc) is 2.74. The number of benzene rings is 1. The third kappa shape index (κ3) is 2.27. The number of hydrogen-bond acceptors (Lipinski definition) is 3. The largest absolute Gasteiger partial charge is 0.433 e. The summed E-state index contributed by atoms with van der Waals surface area (Å²) in [7, 11) is 0. The molecule has 0 fully saturated rings. The molecular formula is C14H16ClNO2. The first-order valence-corrected chi connectivity index (χ1v) is 6.55. The first kappa shape index (κ1) is 13.1. The molecule has 0 N–H and O–H groups in total. The quantitative estimate of drug-likeness (QED) is 0.769. The fraction of sp³-hybridized carbons (Fsp3) is 0.429. The zero-order valence-corrected chi connectivity index (χ0v) is 11.5. The number of hydrogen-bond donors (Lipinski definition) is 0. The molecule has 96 valence electrons. The van der Waals surface area contributed by atoms with Crippen LogP contribution in [0.5, 0.6) is 0 Å². The highest BCUT2D eigenvalue weighted by Gasteiger charge is 2.22. The maximum absolute atomic E-state index is 12.2. The summed E-state index contributed by atoms with van der Waals surface area (Å²) in [5.74, 6) is 0.157. The van der Waals surface area contributed by atoms with E-state index in [4.69, 9.17) is 16.0 Å². The van der Waals surface area contributed by atoms with E-state index < -0.39 is 0 Å². The Bertz CT molecular complexity index is 585. The van der Waals surface area contributed by atoms with E-state index >= 15 is 0 Å². The third-order valence-corrected chi connectivity index (χ3v) is 3.43. The second kappa shape index (κ2) is 5.11. The van der Waals surface area contributed by atoms with Crippen molar-refractivity contribution in [1.29, 1.82) is 0 Å². The van der Waals surface area contributed by atoms with E-state index in [9.17, 15) is 4.79 Å². The van der Waals surface area contributed by atoms with Crippen molar-refractivity contribution in [3.05, 3.63) is 28.6 Å². The van der Waals surface area contributed by atoms with E-state index in [1.807, 2.05) is 20.8 Å². The molecule has 0 saturated heterocycles. The lowest BCUT2D eigenvalue weighted by molar-refractivity contribution is 0.0880. The zero-order valence-electron chi connectivity index (χ0n) is 10.8. The van der Waals surface area contributed by atoms with Crippen molar-refractivity contribution in [2.24, 2.45) is 5.92 Å². The number of oxazole rings is 1. The Hall–Kier alpha value is -1.35. The van der Waals surface area contributed by atoms with E-state index in [1.54, 1.807) is 12.1 Å². The summed E-state index contributed by atoms with van der Waals surface area (Å²) in [6.45, 7) is 5.89. The Morgan fingerprint density at radius 1 is 1.39 bits per heavy atom. The summed E-state index contributed by atoms with van der Waals surface area (Å²) in [5, 5.41) is 0.606. The van der Waals surface area contributed by atoms with Gasteiger partial charge in [-0.2, -0.15) is 0 Å². The molecule has 0 amide bonds. The summed E-state index contributed by atoms with van der Waals surface area (Å²) >= 11 is 5.96. The van der Waals surface area contributed by atoms with Crippen LogP contribution in [0.3, 0.4) is 0 Å². The van der Waals surface area contributed by atoms with Crippen molar-refractivity contribution in [2.75, 3.05) is 0 Å². The van der Waals surface area contributed by atoms with E-state index in [1.165, 1.54) is 0 Å². The minimum atomic E-state index is -0.0216. The lowest BCUT2D eigenvalue weighted by Gasteiger charge is -2.06. The van der Waals surface area contributed by atoms with Gasteiger partial charge in [0.2, 0.25) is 5.78 Å². The van der Waals surface area contributed by atoms with Crippen LogP contribution >= 0.6 is 11.6 Å².